The minimum absolute atomic E-state index is 0.166. The Morgan fingerprint density at radius 1 is 1.24 bits per heavy atom. The topological polar surface area (TPSA) is 50.7 Å². The summed E-state index contributed by atoms with van der Waals surface area (Å²) in [6.45, 7) is 4.48. The highest BCUT2D eigenvalue weighted by Gasteiger charge is 2.23. The summed E-state index contributed by atoms with van der Waals surface area (Å²) in [6, 6.07) is 13.3. The van der Waals surface area contributed by atoms with Crippen molar-refractivity contribution < 1.29 is 9.53 Å². The van der Waals surface area contributed by atoms with Crippen molar-refractivity contribution in [3.8, 4) is 5.75 Å². The van der Waals surface area contributed by atoms with Crippen molar-refractivity contribution in [2.45, 2.75) is 13.8 Å². The molecule has 4 nitrogen and oxygen atoms in total. The normalized spacial score (nSPS) is 17.2. The number of amides is 1. The van der Waals surface area contributed by atoms with Crippen molar-refractivity contribution in [3.05, 3.63) is 63.5 Å². The molecule has 0 aromatic heterocycles. The largest absolute Gasteiger partial charge is 0.492 e. The van der Waals surface area contributed by atoms with Gasteiger partial charge in [0, 0.05) is 0 Å². The first kappa shape index (κ1) is 17.6. The number of rotatable bonds is 4. The van der Waals surface area contributed by atoms with Crippen molar-refractivity contribution in [2.24, 2.45) is 4.99 Å². The molecule has 1 N–H and O–H groups in total. The smallest absolute Gasteiger partial charge is 0.264 e. The second-order valence-corrected chi connectivity index (χ2v) is 6.88. The maximum Gasteiger partial charge on any atom is 0.264 e. The van der Waals surface area contributed by atoms with E-state index in [0.717, 1.165) is 11.3 Å². The van der Waals surface area contributed by atoms with Crippen LogP contribution in [0.15, 0.2) is 52.4 Å². The molecule has 0 spiro atoms. The van der Waals surface area contributed by atoms with Crippen LogP contribution in [0.4, 0.5) is 5.69 Å². The second-order valence-electron chi connectivity index (χ2n) is 5.44. The van der Waals surface area contributed by atoms with Gasteiger partial charge < -0.3 is 10.1 Å². The predicted octanol–water partition coefficient (Wildman–Crippen LogP) is 4.94. The third-order valence-electron chi connectivity index (χ3n) is 3.47. The standard InChI is InChI=1S/C19H17ClN2O2S/c1-3-24-16-9-6-13(10-15(16)20)11-17-18(23)22-19(25-17)21-14-7-4-12(2)5-8-14/h4-11H,3H2,1-2H3,(H,21,22,23)/b17-11-. The molecule has 0 atom stereocenters. The summed E-state index contributed by atoms with van der Waals surface area (Å²) in [5.74, 6) is 0.470. The number of aliphatic imine (C=N–C) groups is 1. The van der Waals surface area contributed by atoms with E-state index in [4.69, 9.17) is 16.3 Å². The fourth-order valence-corrected chi connectivity index (χ4v) is 3.33. The zero-order valence-electron chi connectivity index (χ0n) is 13.9. The molecule has 0 bridgehead atoms. The van der Waals surface area contributed by atoms with Gasteiger partial charge in [-0.2, -0.15) is 0 Å². The van der Waals surface area contributed by atoms with Gasteiger partial charge in [0.05, 0.1) is 22.2 Å². The molecule has 1 aliphatic rings. The minimum Gasteiger partial charge on any atom is -0.492 e. The SMILES string of the molecule is CCOc1ccc(/C=C2\SC(=Nc3ccc(C)cc3)NC2=O)cc1Cl. The molecule has 1 amide bonds. The number of halogens is 1. The number of benzene rings is 2. The molecule has 0 radical (unpaired) electrons. The van der Waals surface area contributed by atoms with Gasteiger partial charge >= 0.3 is 0 Å². The Morgan fingerprint density at radius 2 is 2.00 bits per heavy atom. The highest BCUT2D eigenvalue weighted by atomic mass is 35.5. The quantitative estimate of drug-likeness (QED) is 0.773. The van der Waals surface area contributed by atoms with Gasteiger partial charge in [-0.05, 0) is 61.5 Å². The van der Waals surface area contributed by atoms with E-state index in [1.165, 1.54) is 17.3 Å². The molecular weight excluding hydrogens is 356 g/mol. The average Bonchev–Trinajstić information content (AvgIpc) is 2.92. The van der Waals surface area contributed by atoms with Crippen molar-refractivity contribution in [1.29, 1.82) is 0 Å². The third-order valence-corrected chi connectivity index (χ3v) is 4.67. The first-order chi connectivity index (χ1) is 12.0. The number of hydrogen-bond acceptors (Lipinski definition) is 4. The molecule has 1 aliphatic heterocycles. The molecule has 0 unspecified atom stereocenters. The molecule has 1 saturated heterocycles. The molecule has 0 saturated carbocycles. The monoisotopic (exact) mass is 372 g/mol. The first-order valence-corrected chi connectivity index (χ1v) is 9.03. The Labute approximate surface area is 155 Å². The Morgan fingerprint density at radius 3 is 2.68 bits per heavy atom. The van der Waals surface area contributed by atoms with Crippen LogP contribution in [0.1, 0.15) is 18.1 Å². The number of amidine groups is 1. The maximum absolute atomic E-state index is 12.1. The second kappa shape index (κ2) is 7.76. The zero-order chi connectivity index (χ0) is 17.8. The molecule has 2 aromatic carbocycles. The number of ether oxygens (including phenoxy) is 1. The summed E-state index contributed by atoms with van der Waals surface area (Å²) in [5, 5.41) is 3.87. The van der Waals surface area contributed by atoms with Crippen molar-refractivity contribution in [3.63, 3.8) is 0 Å². The first-order valence-electron chi connectivity index (χ1n) is 7.84. The van der Waals surface area contributed by atoms with E-state index in [9.17, 15) is 4.79 Å². The van der Waals surface area contributed by atoms with E-state index >= 15 is 0 Å². The fraction of sp³-hybridized carbons (Fsp3) is 0.158. The summed E-state index contributed by atoms with van der Waals surface area (Å²) < 4.78 is 5.42. The molecule has 0 aliphatic carbocycles. The number of aryl methyl sites for hydroxylation is 1. The zero-order valence-corrected chi connectivity index (χ0v) is 15.4. The molecule has 1 fully saturated rings. The van der Waals surface area contributed by atoms with Gasteiger partial charge in [-0.15, -0.1) is 0 Å². The van der Waals surface area contributed by atoms with Crippen molar-refractivity contribution >= 4 is 46.2 Å². The Hall–Kier alpha value is -2.24. The summed E-state index contributed by atoms with van der Waals surface area (Å²) in [5.41, 5.74) is 2.81. The molecule has 25 heavy (non-hydrogen) atoms. The number of carbonyl (C=O) groups excluding carboxylic acids is 1. The van der Waals surface area contributed by atoms with Crippen molar-refractivity contribution in [1.82, 2.24) is 5.32 Å². The molecule has 2 aromatic rings. The Bertz CT molecular complexity index is 860. The summed E-state index contributed by atoms with van der Waals surface area (Å²) >= 11 is 7.50. The van der Waals surface area contributed by atoms with E-state index in [0.29, 0.717) is 27.5 Å². The predicted molar refractivity (Wildman–Crippen MR) is 105 cm³/mol. The molecule has 1 heterocycles. The van der Waals surface area contributed by atoms with Crippen LogP contribution in [0.25, 0.3) is 6.08 Å². The lowest BCUT2D eigenvalue weighted by atomic mass is 10.2. The number of carbonyl (C=O) groups is 1. The number of nitrogens with zero attached hydrogens (tertiary/aromatic N) is 1. The van der Waals surface area contributed by atoms with Crippen LogP contribution < -0.4 is 10.1 Å². The lowest BCUT2D eigenvalue weighted by Gasteiger charge is -2.05. The van der Waals surface area contributed by atoms with E-state index in [2.05, 4.69) is 10.3 Å². The summed E-state index contributed by atoms with van der Waals surface area (Å²) in [6.07, 6.45) is 1.79. The highest BCUT2D eigenvalue weighted by molar-refractivity contribution is 8.18. The molecule has 128 valence electrons. The van der Waals surface area contributed by atoms with Crippen LogP contribution >= 0.6 is 23.4 Å². The Kier molecular flexibility index (Phi) is 5.46. The molecular formula is C19H17ClN2O2S. The van der Waals surface area contributed by atoms with Crippen LogP contribution in [-0.4, -0.2) is 17.7 Å². The van der Waals surface area contributed by atoms with Crippen LogP contribution in [0.5, 0.6) is 5.75 Å². The summed E-state index contributed by atoms with van der Waals surface area (Å²) in [4.78, 5) is 17.2. The van der Waals surface area contributed by atoms with Crippen LogP contribution in [-0.2, 0) is 4.79 Å². The fourth-order valence-electron chi connectivity index (χ4n) is 2.25. The van der Waals surface area contributed by atoms with Gasteiger partial charge in [-0.1, -0.05) is 35.4 Å². The van der Waals surface area contributed by atoms with Crippen LogP contribution in [0.3, 0.4) is 0 Å². The van der Waals surface area contributed by atoms with Crippen molar-refractivity contribution in [2.75, 3.05) is 6.61 Å². The lowest BCUT2D eigenvalue weighted by molar-refractivity contribution is -0.115. The van der Waals surface area contributed by atoms with Gasteiger partial charge in [0.2, 0.25) is 0 Å². The lowest BCUT2D eigenvalue weighted by Crippen LogP contribution is -2.19. The summed E-state index contributed by atoms with van der Waals surface area (Å²) in [7, 11) is 0. The maximum atomic E-state index is 12.1. The van der Waals surface area contributed by atoms with Crippen LogP contribution in [0, 0.1) is 6.92 Å². The minimum atomic E-state index is -0.166. The highest BCUT2D eigenvalue weighted by Crippen LogP contribution is 2.31. The third kappa shape index (κ3) is 4.44. The Balaban J connectivity index is 1.79. The van der Waals surface area contributed by atoms with E-state index in [-0.39, 0.29) is 5.91 Å². The average molecular weight is 373 g/mol. The molecule has 3 rings (SSSR count). The van der Waals surface area contributed by atoms with Crippen LogP contribution in [0.2, 0.25) is 5.02 Å². The van der Waals surface area contributed by atoms with E-state index in [1.54, 1.807) is 18.2 Å². The number of nitrogens with one attached hydrogen (secondary N) is 1. The van der Waals surface area contributed by atoms with Gasteiger partial charge in [-0.3, -0.25) is 4.79 Å². The number of thioether (sulfide) groups is 1. The van der Waals surface area contributed by atoms with Gasteiger partial charge in [-0.25, -0.2) is 4.99 Å². The van der Waals surface area contributed by atoms with Gasteiger partial charge in [0.1, 0.15) is 5.75 Å². The molecule has 6 heteroatoms. The number of hydrogen-bond donors (Lipinski definition) is 1. The van der Waals surface area contributed by atoms with Gasteiger partial charge in [0.15, 0.2) is 5.17 Å². The van der Waals surface area contributed by atoms with E-state index < -0.39 is 0 Å². The van der Waals surface area contributed by atoms with Gasteiger partial charge in [0.25, 0.3) is 5.91 Å². The van der Waals surface area contributed by atoms with E-state index in [1.807, 2.05) is 44.2 Å².